The van der Waals surface area contributed by atoms with Gasteiger partial charge in [-0.15, -0.1) is 0 Å². The average Bonchev–Trinajstić information content (AvgIpc) is 2.38. The maximum Gasteiger partial charge on any atom is 0.393 e. The first-order chi connectivity index (χ1) is 9.35. The highest BCUT2D eigenvalue weighted by molar-refractivity contribution is 4.90. The molecule has 0 radical (unpaired) electrons. The van der Waals surface area contributed by atoms with Crippen molar-refractivity contribution >= 4 is 0 Å². The summed E-state index contributed by atoms with van der Waals surface area (Å²) in [5.41, 5.74) is 6.04. The number of alkyl halides is 3. The monoisotopic (exact) mass is 292 g/mol. The third kappa shape index (κ3) is 3.88. The van der Waals surface area contributed by atoms with Crippen LogP contribution in [-0.4, -0.2) is 37.3 Å². The first kappa shape index (κ1) is 16.1. The number of likely N-dealkylation sites (tertiary alicyclic amines) is 1. The molecule has 5 heteroatoms. The molecule has 118 valence electrons. The van der Waals surface area contributed by atoms with Crippen LogP contribution in [0.15, 0.2) is 0 Å². The highest BCUT2D eigenvalue weighted by Crippen LogP contribution is 2.41. The molecule has 1 aliphatic heterocycles. The topological polar surface area (TPSA) is 29.3 Å². The van der Waals surface area contributed by atoms with E-state index in [9.17, 15) is 13.2 Å². The van der Waals surface area contributed by atoms with Gasteiger partial charge in [0.05, 0.1) is 5.92 Å². The summed E-state index contributed by atoms with van der Waals surface area (Å²) >= 11 is 0. The fraction of sp³-hybridized carbons (Fsp3) is 1.00. The lowest BCUT2D eigenvalue weighted by molar-refractivity contribution is -0.188. The zero-order valence-electron chi connectivity index (χ0n) is 12.4. The predicted octanol–water partition coefficient (Wildman–Crippen LogP) is 3.42. The van der Waals surface area contributed by atoms with E-state index < -0.39 is 12.1 Å². The van der Waals surface area contributed by atoms with Crippen molar-refractivity contribution in [2.75, 3.05) is 26.2 Å². The second-order valence-corrected chi connectivity index (χ2v) is 7.02. The van der Waals surface area contributed by atoms with Crippen molar-refractivity contribution in [1.29, 1.82) is 0 Å². The van der Waals surface area contributed by atoms with Crippen LogP contribution >= 0.6 is 0 Å². The molecular formula is C15H27F3N2. The van der Waals surface area contributed by atoms with Gasteiger partial charge in [0.25, 0.3) is 0 Å². The lowest BCUT2D eigenvalue weighted by Crippen LogP contribution is -2.50. The summed E-state index contributed by atoms with van der Waals surface area (Å²) in [5.74, 6) is -0.498. The maximum atomic E-state index is 12.9. The van der Waals surface area contributed by atoms with Gasteiger partial charge in [-0.1, -0.05) is 19.8 Å². The summed E-state index contributed by atoms with van der Waals surface area (Å²) in [6, 6.07) is 0. The van der Waals surface area contributed by atoms with Gasteiger partial charge < -0.3 is 10.6 Å². The van der Waals surface area contributed by atoms with Crippen LogP contribution in [-0.2, 0) is 0 Å². The fourth-order valence-corrected chi connectivity index (χ4v) is 4.10. The van der Waals surface area contributed by atoms with Crippen LogP contribution in [0.3, 0.4) is 0 Å². The van der Waals surface area contributed by atoms with Crippen molar-refractivity contribution < 1.29 is 13.2 Å². The Morgan fingerprint density at radius 3 is 2.60 bits per heavy atom. The van der Waals surface area contributed by atoms with Gasteiger partial charge in [0.15, 0.2) is 0 Å². The summed E-state index contributed by atoms with van der Waals surface area (Å²) in [6.45, 7) is 4.55. The third-order valence-corrected chi connectivity index (χ3v) is 5.15. The number of piperidine rings is 1. The van der Waals surface area contributed by atoms with Gasteiger partial charge in [-0.3, -0.25) is 0 Å². The van der Waals surface area contributed by atoms with E-state index >= 15 is 0 Å². The molecule has 20 heavy (non-hydrogen) atoms. The van der Waals surface area contributed by atoms with Crippen molar-refractivity contribution in [2.45, 2.75) is 51.6 Å². The van der Waals surface area contributed by atoms with Crippen molar-refractivity contribution in [2.24, 2.45) is 23.0 Å². The summed E-state index contributed by atoms with van der Waals surface area (Å²) in [6.07, 6.45) is 1.42. The highest BCUT2D eigenvalue weighted by Gasteiger charge is 2.43. The summed E-state index contributed by atoms with van der Waals surface area (Å²) in [5, 5.41) is 0. The standard InChI is InChI=1S/C15H27F3N2/c1-12-4-2-6-14(8-12,10-19)11-20-7-3-5-13(9-20)15(16,17)18/h12-13H,2-11,19H2,1H3. The molecule has 0 spiro atoms. The molecule has 1 saturated heterocycles. The van der Waals surface area contributed by atoms with Crippen LogP contribution in [0, 0.1) is 17.3 Å². The van der Waals surface area contributed by atoms with Gasteiger partial charge in [0, 0.05) is 13.1 Å². The van der Waals surface area contributed by atoms with Gasteiger partial charge in [-0.2, -0.15) is 13.2 Å². The number of halogens is 3. The molecule has 2 N–H and O–H groups in total. The third-order valence-electron chi connectivity index (χ3n) is 5.15. The second kappa shape index (κ2) is 6.22. The molecule has 3 unspecified atom stereocenters. The van der Waals surface area contributed by atoms with E-state index in [2.05, 4.69) is 6.92 Å². The maximum absolute atomic E-state index is 12.9. The van der Waals surface area contributed by atoms with Crippen molar-refractivity contribution in [3.05, 3.63) is 0 Å². The molecule has 3 atom stereocenters. The Morgan fingerprint density at radius 2 is 2.00 bits per heavy atom. The molecule has 2 nitrogen and oxygen atoms in total. The first-order valence-electron chi connectivity index (χ1n) is 7.84. The van der Waals surface area contributed by atoms with E-state index in [0.29, 0.717) is 18.9 Å². The van der Waals surface area contributed by atoms with Crippen LogP contribution in [0.5, 0.6) is 0 Å². The zero-order chi connectivity index (χ0) is 14.8. The Bertz CT molecular complexity index is 319. The molecule has 2 rings (SSSR count). The Balaban J connectivity index is 1.97. The second-order valence-electron chi connectivity index (χ2n) is 7.02. The SMILES string of the molecule is CC1CCCC(CN)(CN2CCCC(C(F)(F)F)C2)C1. The number of nitrogens with two attached hydrogens (primary N) is 1. The van der Waals surface area contributed by atoms with Gasteiger partial charge in [0.1, 0.15) is 0 Å². The Hall–Kier alpha value is -0.290. The Labute approximate surface area is 119 Å². The normalized spacial score (nSPS) is 37.0. The molecule has 0 aromatic heterocycles. The van der Waals surface area contributed by atoms with E-state index in [-0.39, 0.29) is 18.4 Å². The summed E-state index contributed by atoms with van der Waals surface area (Å²) in [7, 11) is 0. The first-order valence-corrected chi connectivity index (χ1v) is 7.84. The van der Waals surface area contributed by atoms with Crippen LogP contribution in [0.1, 0.15) is 45.4 Å². The molecule has 0 aromatic carbocycles. The van der Waals surface area contributed by atoms with E-state index in [4.69, 9.17) is 5.73 Å². The molecular weight excluding hydrogens is 265 g/mol. The van der Waals surface area contributed by atoms with Crippen molar-refractivity contribution in [3.8, 4) is 0 Å². The number of hydrogen-bond acceptors (Lipinski definition) is 2. The molecule has 0 bridgehead atoms. The minimum Gasteiger partial charge on any atom is -0.330 e. The Kier molecular flexibility index (Phi) is 5.00. The molecule has 0 amide bonds. The molecule has 1 aliphatic carbocycles. The molecule has 2 aliphatic rings. The van der Waals surface area contributed by atoms with E-state index in [1.54, 1.807) is 0 Å². The van der Waals surface area contributed by atoms with Gasteiger partial charge in [-0.05, 0) is 50.1 Å². The zero-order valence-corrected chi connectivity index (χ0v) is 12.4. The van der Waals surface area contributed by atoms with Gasteiger partial charge >= 0.3 is 6.18 Å². The molecule has 1 heterocycles. The fourth-order valence-electron chi connectivity index (χ4n) is 4.10. The van der Waals surface area contributed by atoms with Crippen LogP contribution < -0.4 is 5.73 Å². The quantitative estimate of drug-likeness (QED) is 0.863. The van der Waals surface area contributed by atoms with Gasteiger partial charge in [-0.25, -0.2) is 0 Å². The predicted molar refractivity (Wildman–Crippen MR) is 74.3 cm³/mol. The number of rotatable bonds is 3. The molecule has 2 fully saturated rings. The summed E-state index contributed by atoms with van der Waals surface area (Å²) in [4.78, 5) is 2.02. The van der Waals surface area contributed by atoms with E-state index in [1.807, 2.05) is 4.90 Å². The average molecular weight is 292 g/mol. The van der Waals surface area contributed by atoms with Crippen molar-refractivity contribution in [3.63, 3.8) is 0 Å². The molecule has 0 aromatic rings. The Morgan fingerprint density at radius 1 is 1.25 bits per heavy atom. The number of hydrogen-bond donors (Lipinski definition) is 1. The van der Waals surface area contributed by atoms with Crippen molar-refractivity contribution in [1.82, 2.24) is 4.90 Å². The lowest BCUT2D eigenvalue weighted by Gasteiger charge is -2.44. The highest BCUT2D eigenvalue weighted by atomic mass is 19.4. The van der Waals surface area contributed by atoms with Crippen LogP contribution in [0.4, 0.5) is 13.2 Å². The summed E-state index contributed by atoms with van der Waals surface area (Å²) < 4.78 is 38.6. The number of nitrogens with zero attached hydrogens (tertiary/aromatic N) is 1. The van der Waals surface area contributed by atoms with Crippen LogP contribution in [0.2, 0.25) is 0 Å². The van der Waals surface area contributed by atoms with Crippen LogP contribution in [0.25, 0.3) is 0 Å². The minimum absolute atomic E-state index is 0.0468. The molecule has 1 saturated carbocycles. The lowest BCUT2D eigenvalue weighted by atomic mass is 9.69. The van der Waals surface area contributed by atoms with Gasteiger partial charge in [0.2, 0.25) is 0 Å². The van der Waals surface area contributed by atoms with E-state index in [0.717, 1.165) is 32.4 Å². The van der Waals surface area contributed by atoms with E-state index in [1.165, 1.54) is 6.42 Å². The minimum atomic E-state index is -4.05. The largest absolute Gasteiger partial charge is 0.393 e. The smallest absolute Gasteiger partial charge is 0.330 e.